The molecule has 3 rings (SSSR count). The zero-order chi connectivity index (χ0) is 17.3. The Morgan fingerprint density at radius 3 is 2.38 bits per heavy atom. The molecule has 0 saturated carbocycles. The third kappa shape index (κ3) is 3.50. The molecule has 0 bridgehead atoms. The summed E-state index contributed by atoms with van der Waals surface area (Å²) in [6.07, 6.45) is 0. The van der Waals surface area contributed by atoms with Crippen LogP contribution in [-0.4, -0.2) is 10.5 Å². The van der Waals surface area contributed by atoms with Crippen LogP contribution in [0.15, 0.2) is 48.5 Å². The van der Waals surface area contributed by atoms with Crippen LogP contribution in [0.1, 0.15) is 26.3 Å². The molecule has 2 aromatic carbocycles. The summed E-state index contributed by atoms with van der Waals surface area (Å²) in [5, 5.41) is 15.2. The van der Waals surface area contributed by atoms with E-state index in [2.05, 4.69) is 32.2 Å². The first-order chi connectivity index (χ1) is 11.4. The maximum Gasteiger partial charge on any atom is 0.134 e. The van der Waals surface area contributed by atoms with Crippen molar-refractivity contribution in [2.75, 3.05) is 5.32 Å². The van der Waals surface area contributed by atoms with Gasteiger partial charge in [-0.15, -0.1) is 0 Å². The van der Waals surface area contributed by atoms with Gasteiger partial charge in [0.25, 0.3) is 0 Å². The predicted molar refractivity (Wildman–Crippen MR) is 100 cm³/mol. The van der Waals surface area contributed by atoms with E-state index in [1.165, 1.54) is 0 Å². The molecule has 24 heavy (non-hydrogen) atoms. The molecule has 120 valence electrons. The van der Waals surface area contributed by atoms with E-state index in [9.17, 15) is 0 Å². The summed E-state index contributed by atoms with van der Waals surface area (Å²) in [5.74, 6) is 0.830. The van der Waals surface area contributed by atoms with Crippen molar-refractivity contribution in [3.8, 4) is 17.3 Å². The highest BCUT2D eigenvalue weighted by molar-refractivity contribution is 6.31. The highest BCUT2D eigenvalue weighted by atomic mass is 35.5. The number of fused-ring (bicyclic) bond motifs is 1. The van der Waals surface area contributed by atoms with Gasteiger partial charge in [-0.2, -0.15) is 5.26 Å². The van der Waals surface area contributed by atoms with E-state index in [1.54, 1.807) is 12.1 Å². The molecule has 0 spiro atoms. The van der Waals surface area contributed by atoms with Gasteiger partial charge in [-0.1, -0.05) is 23.7 Å². The summed E-state index contributed by atoms with van der Waals surface area (Å²) in [6, 6.07) is 17.4. The number of aromatic nitrogens is 1. The predicted octanol–water partition coefficient (Wildman–Crippen LogP) is 5.64. The van der Waals surface area contributed by atoms with Gasteiger partial charge in [0.15, 0.2) is 0 Å². The number of benzene rings is 2. The fourth-order valence-corrected chi connectivity index (χ4v) is 2.72. The lowest BCUT2D eigenvalue weighted by atomic mass is 10.0. The third-order valence-electron chi connectivity index (χ3n) is 3.60. The van der Waals surface area contributed by atoms with Crippen molar-refractivity contribution in [1.29, 1.82) is 5.26 Å². The summed E-state index contributed by atoms with van der Waals surface area (Å²) in [7, 11) is 0. The molecule has 0 amide bonds. The standard InChI is InChI=1S/C20H18ClN3/c1-20(2,3)24-19-17-9-8-16(21)10-15(17)11-18(23-19)14-6-4-13(12-22)5-7-14/h4-11H,1-3H3,(H,23,24). The molecule has 0 aliphatic heterocycles. The Labute approximate surface area is 146 Å². The number of anilines is 1. The summed E-state index contributed by atoms with van der Waals surface area (Å²) >= 11 is 6.17. The lowest BCUT2D eigenvalue weighted by Crippen LogP contribution is -2.26. The van der Waals surface area contributed by atoms with Crippen LogP contribution in [0.25, 0.3) is 22.0 Å². The van der Waals surface area contributed by atoms with E-state index in [-0.39, 0.29) is 5.54 Å². The minimum absolute atomic E-state index is 0.108. The average Bonchev–Trinajstić information content (AvgIpc) is 2.53. The van der Waals surface area contributed by atoms with Crippen molar-refractivity contribution in [1.82, 2.24) is 4.98 Å². The highest BCUT2D eigenvalue weighted by Crippen LogP contribution is 2.31. The largest absolute Gasteiger partial charge is 0.365 e. The van der Waals surface area contributed by atoms with Crippen molar-refractivity contribution in [3.05, 3.63) is 59.1 Å². The number of hydrogen-bond acceptors (Lipinski definition) is 3. The summed E-state index contributed by atoms with van der Waals surface area (Å²) in [4.78, 5) is 4.80. The van der Waals surface area contributed by atoms with Gasteiger partial charge in [0.2, 0.25) is 0 Å². The van der Waals surface area contributed by atoms with Gasteiger partial charge in [0, 0.05) is 21.5 Å². The second-order valence-electron chi connectivity index (χ2n) is 6.79. The topological polar surface area (TPSA) is 48.7 Å². The van der Waals surface area contributed by atoms with Crippen LogP contribution in [0.3, 0.4) is 0 Å². The highest BCUT2D eigenvalue weighted by Gasteiger charge is 2.14. The van der Waals surface area contributed by atoms with Crippen molar-refractivity contribution < 1.29 is 0 Å². The molecule has 0 aliphatic carbocycles. The van der Waals surface area contributed by atoms with Crippen molar-refractivity contribution in [3.63, 3.8) is 0 Å². The number of nitriles is 1. The summed E-state index contributed by atoms with van der Waals surface area (Å²) in [6.45, 7) is 6.31. The van der Waals surface area contributed by atoms with Crippen LogP contribution < -0.4 is 5.32 Å². The average molecular weight is 336 g/mol. The molecule has 1 heterocycles. The quantitative estimate of drug-likeness (QED) is 0.659. The molecular formula is C20H18ClN3. The first-order valence-electron chi connectivity index (χ1n) is 7.75. The van der Waals surface area contributed by atoms with Gasteiger partial charge in [-0.25, -0.2) is 4.98 Å². The van der Waals surface area contributed by atoms with E-state index < -0.39 is 0 Å². The van der Waals surface area contributed by atoms with E-state index in [4.69, 9.17) is 21.8 Å². The number of pyridine rings is 1. The van der Waals surface area contributed by atoms with E-state index in [0.29, 0.717) is 10.6 Å². The molecule has 4 heteroatoms. The zero-order valence-corrected chi connectivity index (χ0v) is 14.6. The van der Waals surface area contributed by atoms with Crippen molar-refractivity contribution in [2.24, 2.45) is 0 Å². The molecule has 0 unspecified atom stereocenters. The smallest absolute Gasteiger partial charge is 0.134 e. The first-order valence-corrected chi connectivity index (χ1v) is 8.12. The SMILES string of the molecule is CC(C)(C)Nc1nc(-c2ccc(C#N)cc2)cc2cc(Cl)ccc12. The Bertz CT molecular complexity index is 932. The number of halogens is 1. The van der Waals surface area contributed by atoms with Crippen LogP contribution in [0.2, 0.25) is 5.02 Å². The number of rotatable bonds is 2. The van der Waals surface area contributed by atoms with Crippen LogP contribution in [0, 0.1) is 11.3 Å². The molecule has 1 aromatic heterocycles. The summed E-state index contributed by atoms with van der Waals surface area (Å²) < 4.78 is 0. The zero-order valence-electron chi connectivity index (χ0n) is 13.9. The Morgan fingerprint density at radius 2 is 1.75 bits per heavy atom. The van der Waals surface area contributed by atoms with Gasteiger partial charge in [-0.3, -0.25) is 0 Å². The van der Waals surface area contributed by atoms with Crippen LogP contribution in [0.5, 0.6) is 0 Å². The van der Waals surface area contributed by atoms with Crippen molar-refractivity contribution in [2.45, 2.75) is 26.3 Å². The fourth-order valence-electron chi connectivity index (χ4n) is 2.54. The third-order valence-corrected chi connectivity index (χ3v) is 3.83. The van der Waals surface area contributed by atoms with E-state index in [0.717, 1.165) is 27.8 Å². The van der Waals surface area contributed by atoms with Gasteiger partial charge in [0.1, 0.15) is 5.82 Å². The minimum Gasteiger partial charge on any atom is -0.365 e. The van der Waals surface area contributed by atoms with Gasteiger partial charge in [-0.05, 0) is 62.6 Å². The fraction of sp³-hybridized carbons (Fsp3) is 0.200. The number of hydrogen-bond donors (Lipinski definition) is 1. The molecule has 0 fully saturated rings. The molecule has 0 aliphatic rings. The lowest BCUT2D eigenvalue weighted by molar-refractivity contribution is 0.632. The molecule has 0 atom stereocenters. The second kappa shape index (κ2) is 6.14. The molecular weight excluding hydrogens is 318 g/mol. The van der Waals surface area contributed by atoms with Gasteiger partial charge < -0.3 is 5.32 Å². The second-order valence-corrected chi connectivity index (χ2v) is 7.22. The molecule has 0 saturated heterocycles. The Hall–Kier alpha value is -2.57. The van der Waals surface area contributed by atoms with Gasteiger partial charge >= 0.3 is 0 Å². The monoisotopic (exact) mass is 335 g/mol. The van der Waals surface area contributed by atoms with Gasteiger partial charge in [0.05, 0.1) is 17.3 Å². The Kier molecular flexibility index (Phi) is 4.17. The summed E-state index contributed by atoms with van der Waals surface area (Å²) in [5.41, 5.74) is 2.34. The maximum atomic E-state index is 8.95. The van der Waals surface area contributed by atoms with Crippen LogP contribution in [0.4, 0.5) is 5.82 Å². The van der Waals surface area contributed by atoms with E-state index in [1.807, 2.05) is 36.4 Å². The van der Waals surface area contributed by atoms with Crippen molar-refractivity contribution >= 4 is 28.2 Å². The van der Waals surface area contributed by atoms with Crippen LogP contribution >= 0.6 is 11.6 Å². The molecule has 3 aromatic rings. The van der Waals surface area contributed by atoms with Crippen LogP contribution in [-0.2, 0) is 0 Å². The Balaban J connectivity index is 2.19. The van der Waals surface area contributed by atoms with E-state index >= 15 is 0 Å². The lowest BCUT2D eigenvalue weighted by Gasteiger charge is -2.23. The number of nitrogens with zero attached hydrogens (tertiary/aromatic N) is 2. The number of nitrogens with one attached hydrogen (secondary N) is 1. The minimum atomic E-state index is -0.108. The normalized spacial score (nSPS) is 11.3. The Morgan fingerprint density at radius 1 is 1.04 bits per heavy atom. The molecule has 3 nitrogen and oxygen atoms in total. The molecule has 1 N–H and O–H groups in total. The first kappa shape index (κ1) is 16.3. The molecule has 0 radical (unpaired) electrons. The maximum absolute atomic E-state index is 8.95.